The molecule has 17 heavy (non-hydrogen) atoms. The van der Waals surface area contributed by atoms with Gasteiger partial charge in [-0.25, -0.2) is 0 Å². The molecule has 1 atom stereocenters. The molecular weight excluding hydrogens is 296 g/mol. The molecule has 0 aromatic heterocycles. The predicted molar refractivity (Wildman–Crippen MR) is 82.5 cm³/mol. The van der Waals surface area contributed by atoms with Crippen molar-refractivity contribution in [1.29, 1.82) is 0 Å². The summed E-state index contributed by atoms with van der Waals surface area (Å²) in [5, 5.41) is 0. The fraction of sp³-hybridized carbons (Fsp3) is 0.538. The van der Waals surface area contributed by atoms with E-state index in [1.54, 1.807) is 0 Å². The van der Waals surface area contributed by atoms with Gasteiger partial charge >= 0.3 is 0 Å². The molecule has 2 nitrogen and oxygen atoms in total. The topological polar surface area (TPSA) is 29.3 Å². The van der Waals surface area contributed by atoms with E-state index in [0.29, 0.717) is 6.04 Å². The molecule has 96 valence electrons. The van der Waals surface area contributed by atoms with Crippen molar-refractivity contribution < 1.29 is 0 Å². The second-order valence-electron chi connectivity index (χ2n) is 4.33. The summed E-state index contributed by atoms with van der Waals surface area (Å²) < 4.78 is 1.05. The number of hydrogen-bond donors (Lipinski definition) is 1. The van der Waals surface area contributed by atoms with Crippen LogP contribution in [0.1, 0.15) is 18.9 Å². The third-order valence-corrected chi connectivity index (χ3v) is 4.04. The number of thioether (sulfide) groups is 1. The van der Waals surface area contributed by atoms with E-state index in [0.717, 1.165) is 16.7 Å². The van der Waals surface area contributed by atoms with Crippen LogP contribution in [0.3, 0.4) is 0 Å². The van der Waals surface area contributed by atoms with Crippen LogP contribution in [0, 0.1) is 0 Å². The van der Waals surface area contributed by atoms with Crippen LogP contribution in [0.5, 0.6) is 0 Å². The molecule has 0 aliphatic carbocycles. The maximum Gasteiger partial charge on any atom is 0.0328 e. The van der Waals surface area contributed by atoms with Crippen LogP contribution in [-0.2, 0) is 6.54 Å². The predicted octanol–water partition coefficient (Wildman–Crippen LogP) is 3.60. The molecule has 0 spiro atoms. The Labute approximate surface area is 117 Å². The summed E-state index contributed by atoms with van der Waals surface area (Å²) in [6.45, 7) is 3.19. The summed E-state index contributed by atoms with van der Waals surface area (Å²) in [5.74, 6) is 1.18. The SMILES string of the molecule is CCC(CSC)N(C)Cc1cc(N)cc(Br)c1. The molecule has 0 bridgehead atoms. The fourth-order valence-corrected chi connectivity index (χ4v) is 3.37. The number of benzene rings is 1. The van der Waals surface area contributed by atoms with E-state index in [9.17, 15) is 0 Å². The van der Waals surface area contributed by atoms with Crippen molar-refractivity contribution in [1.82, 2.24) is 4.90 Å². The second-order valence-corrected chi connectivity index (χ2v) is 6.15. The second kappa shape index (κ2) is 7.29. The molecule has 0 radical (unpaired) electrons. The Morgan fingerprint density at radius 2 is 2.12 bits per heavy atom. The number of halogens is 1. The van der Waals surface area contributed by atoms with E-state index in [1.165, 1.54) is 17.7 Å². The van der Waals surface area contributed by atoms with Crippen molar-refractivity contribution in [2.45, 2.75) is 25.9 Å². The molecule has 0 amide bonds. The molecule has 0 aliphatic heterocycles. The van der Waals surface area contributed by atoms with Gasteiger partial charge in [0.05, 0.1) is 0 Å². The molecule has 1 unspecified atom stereocenters. The van der Waals surface area contributed by atoms with E-state index in [2.05, 4.69) is 47.1 Å². The van der Waals surface area contributed by atoms with E-state index >= 15 is 0 Å². The molecule has 0 heterocycles. The van der Waals surface area contributed by atoms with Crippen molar-refractivity contribution in [3.8, 4) is 0 Å². The van der Waals surface area contributed by atoms with Gasteiger partial charge in [-0.3, -0.25) is 4.90 Å². The van der Waals surface area contributed by atoms with Crippen molar-refractivity contribution in [2.75, 3.05) is 24.8 Å². The van der Waals surface area contributed by atoms with Gasteiger partial charge in [0.25, 0.3) is 0 Å². The largest absolute Gasteiger partial charge is 0.399 e. The van der Waals surface area contributed by atoms with E-state index in [-0.39, 0.29) is 0 Å². The number of hydrogen-bond acceptors (Lipinski definition) is 3. The molecule has 0 aliphatic rings. The zero-order chi connectivity index (χ0) is 12.8. The molecule has 1 aromatic rings. The Morgan fingerprint density at radius 1 is 1.41 bits per heavy atom. The van der Waals surface area contributed by atoms with Crippen molar-refractivity contribution in [2.24, 2.45) is 0 Å². The van der Waals surface area contributed by atoms with Gasteiger partial charge in [0.1, 0.15) is 0 Å². The summed E-state index contributed by atoms with van der Waals surface area (Å²) in [5.41, 5.74) is 7.93. The van der Waals surface area contributed by atoms with E-state index < -0.39 is 0 Å². The van der Waals surface area contributed by atoms with Crippen LogP contribution in [0.25, 0.3) is 0 Å². The number of nitrogens with two attached hydrogens (primary N) is 1. The number of nitrogen functional groups attached to an aromatic ring is 1. The van der Waals surface area contributed by atoms with Gasteiger partial charge in [0.2, 0.25) is 0 Å². The normalized spacial score (nSPS) is 13.0. The van der Waals surface area contributed by atoms with Gasteiger partial charge < -0.3 is 5.73 Å². The quantitative estimate of drug-likeness (QED) is 0.813. The lowest BCUT2D eigenvalue weighted by Gasteiger charge is -2.26. The molecule has 1 rings (SSSR count). The van der Waals surface area contributed by atoms with Gasteiger partial charge in [0.15, 0.2) is 0 Å². The maximum atomic E-state index is 5.85. The highest BCUT2D eigenvalue weighted by Gasteiger charge is 2.12. The van der Waals surface area contributed by atoms with Gasteiger partial charge in [-0.2, -0.15) is 11.8 Å². The van der Waals surface area contributed by atoms with Gasteiger partial charge in [-0.15, -0.1) is 0 Å². The molecule has 0 saturated heterocycles. The third-order valence-electron chi connectivity index (χ3n) is 2.87. The lowest BCUT2D eigenvalue weighted by molar-refractivity contribution is 0.248. The Bertz CT molecular complexity index is 337. The first-order valence-electron chi connectivity index (χ1n) is 5.81. The molecule has 0 fully saturated rings. The number of anilines is 1. The van der Waals surface area contributed by atoms with Crippen LogP contribution in [0.2, 0.25) is 0 Å². The Morgan fingerprint density at radius 3 is 2.65 bits per heavy atom. The molecule has 0 saturated carbocycles. The summed E-state index contributed by atoms with van der Waals surface area (Å²) in [6.07, 6.45) is 3.34. The maximum absolute atomic E-state index is 5.85. The van der Waals surface area contributed by atoms with Crippen LogP contribution < -0.4 is 5.73 Å². The average molecular weight is 317 g/mol. The highest BCUT2D eigenvalue weighted by atomic mass is 79.9. The minimum Gasteiger partial charge on any atom is -0.399 e. The fourth-order valence-electron chi connectivity index (χ4n) is 1.93. The zero-order valence-electron chi connectivity index (χ0n) is 10.7. The lowest BCUT2D eigenvalue weighted by Crippen LogP contribution is -2.32. The van der Waals surface area contributed by atoms with Crippen molar-refractivity contribution >= 4 is 33.4 Å². The summed E-state index contributed by atoms with van der Waals surface area (Å²) >= 11 is 5.39. The summed E-state index contributed by atoms with van der Waals surface area (Å²) in [4.78, 5) is 2.40. The minimum atomic E-state index is 0.630. The van der Waals surface area contributed by atoms with E-state index in [1.807, 2.05) is 23.9 Å². The molecule has 4 heteroatoms. The zero-order valence-corrected chi connectivity index (χ0v) is 13.1. The number of rotatable bonds is 6. The van der Waals surface area contributed by atoms with Crippen molar-refractivity contribution in [3.63, 3.8) is 0 Å². The Balaban J connectivity index is 2.68. The standard InChI is InChI=1S/C13H21BrN2S/c1-4-13(9-17-3)16(2)8-10-5-11(14)7-12(15)6-10/h5-7,13H,4,8-9,15H2,1-3H3. The minimum absolute atomic E-state index is 0.630. The Hall–Kier alpha value is -0.190. The van der Waals surface area contributed by atoms with Crippen LogP contribution in [-0.4, -0.2) is 30.0 Å². The lowest BCUT2D eigenvalue weighted by atomic mass is 10.1. The van der Waals surface area contributed by atoms with Gasteiger partial charge in [-0.1, -0.05) is 22.9 Å². The van der Waals surface area contributed by atoms with Crippen molar-refractivity contribution in [3.05, 3.63) is 28.2 Å². The van der Waals surface area contributed by atoms with Crippen LogP contribution >= 0.6 is 27.7 Å². The summed E-state index contributed by atoms with van der Waals surface area (Å²) in [7, 11) is 2.18. The first-order valence-corrected chi connectivity index (χ1v) is 7.99. The third kappa shape index (κ3) is 4.90. The van der Waals surface area contributed by atoms with Crippen LogP contribution in [0.4, 0.5) is 5.69 Å². The van der Waals surface area contributed by atoms with Gasteiger partial charge in [-0.05, 0) is 43.5 Å². The van der Waals surface area contributed by atoms with E-state index in [4.69, 9.17) is 5.73 Å². The van der Waals surface area contributed by atoms with Crippen LogP contribution in [0.15, 0.2) is 22.7 Å². The first kappa shape index (κ1) is 14.9. The average Bonchev–Trinajstić information content (AvgIpc) is 2.24. The molecular formula is C13H21BrN2S. The summed E-state index contributed by atoms with van der Waals surface area (Å²) in [6, 6.07) is 6.75. The van der Waals surface area contributed by atoms with Gasteiger partial charge in [0, 0.05) is 28.5 Å². The number of nitrogens with zero attached hydrogens (tertiary/aromatic N) is 1. The smallest absolute Gasteiger partial charge is 0.0328 e. The molecule has 1 aromatic carbocycles. The first-order chi connectivity index (χ1) is 8.06. The highest BCUT2D eigenvalue weighted by molar-refractivity contribution is 9.10. The Kier molecular flexibility index (Phi) is 6.38. The monoisotopic (exact) mass is 316 g/mol. The molecule has 2 N–H and O–H groups in total. The highest BCUT2D eigenvalue weighted by Crippen LogP contribution is 2.19.